The van der Waals surface area contributed by atoms with Crippen LogP contribution >= 0.6 is 0 Å². The van der Waals surface area contributed by atoms with Crippen molar-refractivity contribution in [3.8, 4) is 33.8 Å². The molecule has 0 aliphatic carbocycles. The average molecular weight is 733 g/mol. The number of para-hydroxylation sites is 2. The Bertz CT molecular complexity index is 3040. The number of hydrogen-bond acceptors (Lipinski definition) is 3. The lowest BCUT2D eigenvalue weighted by Gasteiger charge is -2.45. The smallest absolute Gasteiger partial charge is 0.151 e. The summed E-state index contributed by atoms with van der Waals surface area (Å²) in [5.74, 6) is 1.79. The van der Waals surface area contributed by atoms with E-state index in [0.29, 0.717) is 0 Å². The van der Waals surface area contributed by atoms with Crippen LogP contribution in [0.25, 0.3) is 43.8 Å². The van der Waals surface area contributed by atoms with Gasteiger partial charge in [-0.3, -0.25) is 0 Å². The van der Waals surface area contributed by atoms with Crippen molar-refractivity contribution < 1.29 is 4.74 Å². The van der Waals surface area contributed by atoms with Crippen molar-refractivity contribution in [1.29, 1.82) is 0 Å². The summed E-state index contributed by atoms with van der Waals surface area (Å²) in [7, 11) is 0. The predicted molar refractivity (Wildman–Crippen MR) is 239 cm³/mol. The molecule has 0 saturated heterocycles. The molecule has 57 heavy (non-hydrogen) atoms. The fraction of sp³-hybridized carbons (Fsp3) is 0.0741. The zero-order valence-electron chi connectivity index (χ0n) is 32.2. The van der Waals surface area contributed by atoms with Crippen LogP contribution in [0.3, 0.4) is 0 Å². The Balaban J connectivity index is 1.08. The molecule has 0 N–H and O–H groups in total. The van der Waals surface area contributed by atoms with Crippen LogP contribution in [0.2, 0.25) is 0 Å². The van der Waals surface area contributed by atoms with Gasteiger partial charge in [0.05, 0.1) is 22.7 Å². The van der Waals surface area contributed by atoms with Gasteiger partial charge in [-0.2, -0.15) is 0 Å². The highest BCUT2D eigenvalue weighted by molar-refractivity contribution is 6.14. The number of nitrogens with zero attached hydrogens (tertiary/aromatic N) is 2. The first-order valence-electron chi connectivity index (χ1n) is 19.8. The van der Waals surface area contributed by atoms with Crippen molar-refractivity contribution in [2.45, 2.75) is 26.2 Å². The summed E-state index contributed by atoms with van der Waals surface area (Å²) in [6.07, 6.45) is 0. The Morgan fingerprint density at radius 3 is 1.91 bits per heavy atom. The third-order valence-corrected chi connectivity index (χ3v) is 12.1. The topological polar surface area (TPSA) is 15.7 Å². The van der Waals surface area contributed by atoms with E-state index in [0.717, 1.165) is 39.9 Å². The van der Waals surface area contributed by atoms with Crippen LogP contribution < -0.4 is 14.5 Å². The number of anilines is 6. The number of fused-ring (bicyclic) bond motifs is 7. The van der Waals surface area contributed by atoms with Crippen LogP contribution in [-0.2, 0) is 5.41 Å². The first-order chi connectivity index (χ1) is 27.9. The Hall–Kier alpha value is -7.10. The normalized spacial score (nSPS) is 13.4. The second-order valence-electron chi connectivity index (χ2n) is 15.8. The molecule has 3 heteroatoms. The maximum absolute atomic E-state index is 6.55. The van der Waals surface area contributed by atoms with Gasteiger partial charge in [-0.05, 0) is 117 Å². The number of ether oxygens (including phenoxy) is 1. The van der Waals surface area contributed by atoms with Crippen LogP contribution in [0, 0.1) is 6.92 Å². The van der Waals surface area contributed by atoms with E-state index in [1.807, 2.05) is 0 Å². The standard InChI is InChI=1S/C54H40N2O/c1-35-14-11-24-50-52(35)56-48-31-28-39(33-47(48)54(2,3)46-23-13-25-51(57-50)53(46)56)38-18-12-19-42(32-38)55(41-29-26-37(27-30-41)36-15-5-4-6-16-36)49-34-40-17-7-8-20-43(40)44-21-9-10-22-45(44)49/h4-34H,1-3H3. The summed E-state index contributed by atoms with van der Waals surface area (Å²) in [5, 5.41) is 4.93. The Morgan fingerprint density at radius 2 is 1.09 bits per heavy atom. The number of aryl methyl sites for hydroxylation is 1. The lowest BCUT2D eigenvalue weighted by atomic mass is 9.72. The molecule has 272 valence electrons. The van der Waals surface area contributed by atoms with Crippen molar-refractivity contribution in [1.82, 2.24) is 0 Å². The average Bonchev–Trinajstić information content (AvgIpc) is 3.26. The third kappa shape index (κ3) is 5.19. The zero-order valence-corrected chi connectivity index (χ0v) is 32.2. The predicted octanol–water partition coefficient (Wildman–Crippen LogP) is 15.3. The fourth-order valence-corrected chi connectivity index (χ4v) is 9.27. The van der Waals surface area contributed by atoms with Crippen LogP contribution in [-0.4, -0.2) is 0 Å². The van der Waals surface area contributed by atoms with Crippen molar-refractivity contribution >= 4 is 55.7 Å². The minimum Gasteiger partial charge on any atom is -0.453 e. The summed E-state index contributed by atoms with van der Waals surface area (Å²) >= 11 is 0. The largest absolute Gasteiger partial charge is 0.453 e. The molecule has 0 radical (unpaired) electrons. The lowest BCUT2D eigenvalue weighted by Crippen LogP contribution is -2.32. The molecule has 0 fully saturated rings. The quantitative estimate of drug-likeness (QED) is 0.164. The molecule has 9 aromatic rings. The Labute approximate surface area is 333 Å². The fourth-order valence-electron chi connectivity index (χ4n) is 9.27. The molecule has 11 rings (SSSR count). The minimum absolute atomic E-state index is 0.259. The number of hydrogen-bond donors (Lipinski definition) is 0. The molecule has 0 amide bonds. The second-order valence-corrected chi connectivity index (χ2v) is 15.8. The van der Waals surface area contributed by atoms with E-state index in [1.54, 1.807) is 0 Å². The van der Waals surface area contributed by atoms with E-state index >= 15 is 0 Å². The molecular formula is C54H40N2O. The van der Waals surface area contributed by atoms with Gasteiger partial charge in [0.25, 0.3) is 0 Å². The zero-order chi connectivity index (χ0) is 38.3. The van der Waals surface area contributed by atoms with Crippen LogP contribution in [0.5, 0.6) is 11.5 Å². The van der Waals surface area contributed by atoms with Crippen LogP contribution in [0.15, 0.2) is 188 Å². The third-order valence-electron chi connectivity index (χ3n) is 12.1. The molecule has 0 atom stereocenters. The molecule has 0 bridgehead atoms. The lowest BCUT2D eigenvalue weighted by molar-refractivity contribution is 0.471. The maximum atomic E-state index is 6.55. The van der Waals surface area contributed by atoms with Crippen molar-refractivity contribution in [3.63, 3.8) is 0 Å². The molecule has 0 aromatic heterocycles. The van der Waals surface area contributed by atoms with Gasteiger partial charge in [0.1, 0.15) is 0 Å². The van der Waals surface area contributed by atoms with E-state index in [4.69, 9.17) is 4.74 Å². The molecule has 2 aliphatic heterocycles. The van der Waals surface area contributed by atoms with E-state index in [2.05, 4.69) is 219 Å². The molecule has 0 spiro atoms. The van der Waals surface area contributed by atoms with Crippen molar-refractivity contribution in [3.05, 3.63) is 205 Å². The van der Waals surface area contributed by atoms with Gasteiger partial charge in [-0.1, -0.05) is 147 Å². The van der Waals surface area contributed by atoms with Gasteiger partial charge in [0, 0.05) is 22.2 Å². The summed E-state index contributed by atoms with van der Waals surface area (Å²) in [5.41, 5.74) is 15.0. The van der Waals surface area contributed by atoms with Crippen LogP contribution in [0.1, 0.15) is 30.5 Å². The van der Waals surface area contributed by atoms with E-state index in [9.17, 15) is 0 Å². The molecule has 0 unspecified atom stereocenters. The first kappa shape index (κ1) is 33.3. The monoisotopic (exact) mass is 732 g/mol. The molecule has 3 nitrogen and oxygen atoms in total. The van der Waals surface area contributed by atoms with E-state index in [-0.39, 0.29) is 5.41 Å². The molecular weight excluding hydrogens is 693 g/mol. The molecule has 9 aromatic carbocycles. The SMILES string of the molecule is Cc1cccc2c1N1c3ccc(-c4cccc(N(c5ccc(-c6ccccc6)cc5)c5cc6ccccc6c6ccccc56)c4)cc3C(C)(C)c3cccc(c31)O2. The molecule has 0 saturated carbocycles. The highest BCUT2D eigenvalue weighted by Gasteiger charge is 2.42. The highest BCUT2D eigenvalue weighted by Crippen LogP contribution is 2.60. The Kier molecular flexibility index (Phi) is 7.42. The first-order valence-corrected chi connectivity index (χ1v) is 19.8. The summed E-state index contributed by atoms with van der Waals surface area (Å²) in [6.45, 7) is 6.87. The molecule has 2 heterocycles. The molecule has 2 aliphatic rings. The maximum Gasteiger partial charge on any atom is 0.151 e. The summed E-state index contributed by atoms with van der Waals surface area (Å²) in [4.78, 5) is 4.87. The minimum atomic E-state index is -0.259. The second kappa shape index (κ2) is 12.7. The summed E-state index contributed by atoms with van der Waals surface area (Å²) < 4.78 is 6.55. The van der Waals surface area contributed by atoms with Gasteiger partial charge in [0.2, 0.25) is 0 Å². The highest BCUT2D eigenvalue weighted by atomic mass is 16.5. The van der Waals surface area contributed by atoms with Gasteiger partial charge < -0.3 is 14.5 Å². The van der Waals surface area contributed by atoms with Crippen LogP contribution in [0.4, 0.5) is 34.1 Å². The van der Waals surface area contributed by atoms with E-state index in [1.165, 1.54) is 66.2 Å². The van der Waals surface area contributed by atoms with Gasteiger partial charge >= 0.3 is 0 Å². The van der Waals surface area contributed by atoms with Gasteiger partial charge in [-0.25, -0.2) is 0 Å². The van der Waals surface area contributed by atoms with Crippen molar-refractivity contribution in [2.75, 3.05) is 9.80 Å². The number of rotatable bonds is 5. The van der Waals surface area contributed by atoms with E-state index < -0.39 is 0 Å². The Morgan fingerprint density at radius 1 is 0.456 bits per heavy atom. The van der Waals surface area contributed by atoms with Gasteiger partial charge in [0.15, 0.2) is 11.5 Å². The van der Waals surface area contributed by atoms with Crippen molar-refractivity contribution in [2.24, 2.45) is 0 Å². The number of benzene rings is 9. The summed E-state index contributed by atoms with van der Waals surface area (Å²) in [6, 6.07) is 68.4. The van der Waals surface area contributed by atoms with Gasteiger partial charge in [-0.15, -0.1) is 0 Å².